The number of methoxy groups -OCH3 is 3. The molecule has 0 unspecified atom stereocenters. The minimum Gasteiger partial charge on any atom is -0.493 e. The number of urea groups is 1. The van der Waals surface area contributed by atoms with Crippen LogP contribution in [0.25, 0.3) is 0 Å². The number of hydrogen-bond donors (Lipinski definition) is 2. The molecule has 0 aliphatic rings. The van der Waals surface area contributed by atoms with Crippen molar-refractivity contribution < 1.29 is 19.0 Å². The number of nitrogens with zero attached hydrogens (tertiary/aromatic N) is 1. The Bertz CT molecular complexity index is 647. The lowest BCUT2D eigenvalue weighted by Gasteiger charge is -2.14. The molecule has 118 valence electrons. The molecule has 2 rings (SSSR count). The predicted molar refractivity (Wildman–Crippen MR) is 85.6 cm³/mol. The van der Waals surface area contributed by atoms with Crippen LogP contribution in [-0.2, 0) is 0 Å². The van der Waals surface area contributed by atoms with Crippen molar-refractivity contribution in [2.45, 2.75) is 6.92 Å². The first-order valence-electron chi connectivity index (χ1n) is 6.37. The highest BCUT2D eigenvalue weighted by Crippen LogP contribution is 2.39. The van der Waals surface area contributed by atoms with E-state index in [1.54, 1.807) is 12.1 Å². The van der Waals surface area contributed by atoms with Gasteiger partial charge in [-0.3, -0.25) is 5.32 Å². The molecule has 0 atom stereocenters. The van der Waals surface area contributed by atoms with Crippen molar-refractivity contribution in [2.75, 3.05) is 32.0 Å². The molecule has 2 aromatic rings. The van der Waals surface area contributed by atoms with E-state index in [9.17, 15) is 4.79 Å². The van der Waals surface area contributed by atoms with Crippen molar-refractivity contribution in [1.82, 2.24) is 4.98 Å². The second-order valence-corrected chi connectivity index (χ2v) is 5.15. The van der Waals surface area contributed by atoms with Gasteiger partial charge in [-0.1, -0.05) is 0 Å². The molecule has 0 bridgehead atoms. The van der Waals surface area contributed by atoms with Crippen molar-refractivity contribution in [1.29, 1.82) is 0 Å². The first-order valence-corrected chi connectivity index (χ1v) is 7.25. The highest BCUT2D eigenvalue weighted by atomic mass is 32.1. The van der Waals surface area contributed by atoms with Crippen LogP contribution < -0.4 is 24.8 Å². The van der Waals surface area contributed by atoms with Gasteiger partial charge < -0.3 is 19.5 Å². The minimum absolute atomic E-state index is 0.399. The van der Waals surface area contributed by atoms with Crippen LogP contribution in [-0.4, -0.2) is 32.3 Å². The lowest BCUT2D eigenvalue weighted by Crippen LogP contribution is -2.19. The van der Waals surface area contributed by atoms with Crippen molar-refractivity contribution in [3.8, 4) is 17.2 Å². The first-order chi connectivity index (χ1) is 10.6. The maximum atomic E-state index is 12.0. The van der Waals surface area contributed by atoms with Crippen LogP contribution in [0.5, 0.6) is 17.2 Å². The Morgan fingerprint density at radius 2 is 1.73 bits per heavy atom. The molecule has 0 saturated heterocycles. The highest BCUT2D eigenvalue weighted by molar-refractivity contribution is 7.13. The minimum atomic E-state index is -0.399. The largest absolute Gasteiger partial charge is 0.493 e. The second kappa shape index (κ2) is 6.99. The summed E-state index contributed by atoms with van der Waals surface area (Å²) < 4.78 is 15.7. The summed E-state index contributed by atoms with van der Waals surface area (Å²) in [4.78, 5) is 16.1. The molecular formula is C14H17N3O4S. The number of ether oxygens (including phenoxy) is 3. The molecule has 0 spiro atoms. The van der Waals surface area contributed by atoms with Crippen molar-refractivity contribution in [2.24, 2.45) is 0 Å². The summed E-state index contributed by atoms with van der Waals surface area (Å²) in [7, 11) is 4.55. The third kappa shape index (κ3) is 3.59. The van der Waals surface area contributed by atoms with Gasteiger partial charge in [0, 0.05) is 17.5 Å². The fourth-order valence-corrected chi connectivity index (χ4v) is 2.51. The molecule has 1 aromatic heterocycles. The number of benzene rings is 1. The monoisotopic (exact) mass is 323 g/mol. The smallest absolute Gasteiger partial charge is 0.325 e. The van der Waals surface area contributed by atoms with E-state index in [2.05, 4.69) is 15.6 Å². The summed E-state index contributed by atoms with van der Waals surface area (Å²) >= 11 is 1.36. The number of carbonyl (C=O) groups excluding carboxylic acids is 1. The van der Waals surface area contributed by atoms with E-state index in [-0.39, 0.29) is 0 Å². The lowest BCUT2D eigenvalue weighted by molar-refractivity contribution is 0.262. The Kier molecular flexibility index (Phi) is 5.05. The molecule has 8 heteroatoms. The molecular weight excluding hydrogens is 306 g/mol. The number of rotatable bonds is 5. The third-order valence-corrected chi connectivity index (χ3v) is 3.64. The number of carbonyl (C=O) groups is 1. The van der Waals surface area contributed by atoms with E-state index in [1.807, 2.05) is 12.3 Å². The molecule has 2 N–H and O–H groups in total. The fourth-order valence-electron chi connectivity index (χ4n) is 1.82. The van der Waals surface area contributed by atoms with Crippen LogP contribution in [0.2, 0.25) is 0 Å². The Morgan fingerprint density at radius 3 is 2.18 bits per heavy atom. The number of hydrogen-bond acceptors (Lipinski definition) is 6. The van der Waals surface area contributed by atoms with Gasteiger partial charge in [-0.05, 0) is 6.92 Å². The number of amides is 2. The van der Waals surface area contributed by atoms with Gasteiger partial charge in [0.1, 0.15) is 0 Å². The van der Waals surface area contributed by atoms with Crippen LogP contribution in [0.3, 0.4) is 0 Å². The zero-order valence-electron chi connectivity index (χ0n) is 12.7. The topological polar surface area (TPSA) is 81.7 Å². The van der Waals surface area contributed by atoms with E-state index < -0.39 is 6.03 Å². The van der Waals surface area contributed by atoms with Gasteiger partial charge in [0.15, 0.2) is 16.6 Å². The number of aromatic nitrogens is 1. The van der Waals surface area contributed by atoms with E-state index >= 15 is 0 Å². The highest BCUT2D eigenvalue weighted by Gasteiger charge is 2.14. The second-order valence-electron chi connectivity index (χ2n) is 4.29. The van der Waals surface area contributed by atoms with E-state index in [4.69, 9.17) is 14.2 Å². The number of nitrogens with one attached hydrogen (secondary N) is 2. The van der Waals surface area contributed by atoms with E-state index in [1.165, 1.54) is 32.7 Å². The van der Waals surface area contributed by atoms with E-state index in [0.29, 0.717) is 28.1 Å². The molecule has 0 aliphatic carbocycles. The SMILES string of the molecule is COc1cc(NC(=O)Nc2nc(C)cs2)cc(OC)c1OC. The molecule has 1 heterocycles. The maximum absolute atomic E-state index is 12.0. The Hall–Kier alpha value is -2.48. The number of thiazole rings is 1. The standard InChI is InChI=1S/C14H17N3O4S/c1-8-7-22-14(15-8)17-13(18)16-9-5-10(19-2)12(21-4)11(6-9)20-3/h5-7H,1-4H3,(H2,15,16,17,18). The summed E-state index contributed by atoms with van der Waals surface area (Å²) in [6, 6.07) is 2.89. The number of anilines is 2. The van der Waals surface area contributed by atoms with E-state index in [0.717, 1.165) is 5.69 Å². The Labute approximate surface area is 132 Å². The summed E-state index contributed by atoms with van der Waals surface area (Å²) in [5.41, 5.74) is 1.37. The average Bonchev–Trinajstić information content (AvgIpc) is 2.90. The average molecular weight is 323 g/mol. The van der Waals surface area contributed by atoms with Crippen LogP contribution in [0.1, 0.15) is 5.69 Å². The maximum Gasteiger partial charge on any atom is 0.325 e. The summed E-state index contributed by atoms with van der Waals surface area (Å²) in [5, 5.41) is 7.75. The zero-order chi connectivity index (χ0) is 16.1. The molecule has 2 amide bonds. The predicted octanol–water partition coefficient (Wildman–Crippen LogP) is 3.12. The first kappa shape index (κ1) is 15.9. The van der Waals surface area contributed by atoms with Crippen LogP contribution >= 0.6 is 11.3 Å². The fraction of sp³-hybridized carbons (Fsp3) is 0.286. The Balaban J connectivity index is 2.16. The summed E-state index contributed by atoms with van der Waals surface area (Å²) in [5.74, 6) is 1.39. The number of aryl methyl sites for hydroxylation is 1. The molecule has 0 aliphatic heterocycles. The molecule has 7 nitrogen and oxygen atoms in total. The molecule has 1 aromatic carbocycles. The van der Waals surface area contributed by atoms with Crippen molar-refractivity contribution in [3.05, 3.63) is 23.2 Å². The quantitative estimate of drug-likeness (QED) is 0.883. The van der Waals surface area contributed by atoms with Crippen LogP contribution in [0.4, 0.5) is 15.6 Å². The van der Waals surface area contributed by atoms with Crippen LogP contribution in [0, 0.1) is 6.92 Å². The van der Waals surface area contributed by atoms with Gasteiger partial charge in [0.2, 0.25) is 5.75 Å². The zero-order valence-corrected chi connectivity index (χ0v) is 13.5. The van der Waals surface area contributed by atoms with Crippen molar-refractivity contribution >= 4 is 28.2 Å². The van der Waals surface area contributed by atoms with Gasteiger partial charge >= 0.3 is 6.03 Å². The van der Waals surface area contributed by atoms with Gasteiger partial charge in [-0.15, -0.1) is 11.3 Å². The molecule has 0 radical (unpaired) electrons. The van der Waals surface area contributed by atoms with Gasteiger partial charge in [-0.25, -0.2) is 9.78 Å². The summed E-state index contributed by atoms with van der Waals surface area (Å²) in [6.07, 6.45) is 0. The normalized spacial score (nSPS) is 10.0. The molecule has 0 saturated carbocycles. The Morgan fingerprint density at radius 1 is 1.09 bits per heavy atom. The van der Waals surface area contributed by atoms with Gasteiger partial charge in [-0.2, -0.15) is 0 Å². The van der Waals surface area contributed by atoms with Gasteiger partial charge in [0.25, 0.3) is 0 Å². The lowest BCUT2D eigenvalue weighted by atomic mass is 10.2. The molecule has 22 heavy (non-hydrogen) atoms. The van der Waals surface area contributed by atoms with Gasteiger partial charge in [0.05, 0.1) is 32.7 Å². The van der Waals surface area contributed by atoms with Crippen LogP contribution in [0.15, 0.2) is 17.5 Å². The van der Waals surface area contributed by atoms with Crippen molar-refractivity contribution in [3.63, 3.8) is 0 Å². The molecule has 0 fully saturated rings. The third-order valence-electron chi connectivity index (χ3n) is 2.76. The summed E-state index contributed by atoms with van der Waals surface area (Å²) in [6.45, 7) is 1.86.